The predicted molar refractivity (Wildman–Crippen MR) is 77.3 cm³/mol. The Balaban J connectivity index is 1.75. The molecule has 0 bridgehead atoms. The molecule has 0 unspecified atom stereocenters. The van der Waals surface area contributed by atoms with Gasteiger partial charge in [0.05, 0.1) is 5.75 Å². The van der Waals surface area contributed by atoms with Gasteiger partial charge in [0.1, 0.15) is 5.82 Å². The number of nitrogens with zero attached hydrogens (tertiary/aromatic N) is 5. The van der Waals surface area contributed by atoms with Crippen molar-refractivity contribution >= 4 is 17.7 Å². The minimum Gasteiger partial charge on any atom is -0.481 e. The monoisotopic (exact) mass is 307 g/mol. The number of aliphatic carboxylic acids is 1. The summed E-state index contributed by atoms with van der Waals surface area (Å²) in [6.45, 7) is 0.750. The minimum absolute atomic E-state index is 0.00844. The van der Waals surface area contributed by atoms with Gasteiger partial charge in [0.2, 0.25) is 0 Å². The average Bonchev–Trinajstić information content (AvgIpc) is 3.09. The van der Waals surface area contributed by atoms with Gasteiger partial charge in [-0.2, -0.15) is 5.10 Å². The van der Waals surface area contributed by atoms with Gasteiger partial charge < -0.3 is 9.67 Å². The molecule has 1 aliphatic rings. The van der Waals surface area contributed by atoms with Crippen molar-refractivity contribution in [2.24, 2.45) is 7.05 Å². The maximum Gasteiger partial charge on any atom is 0.313 e. The Morgan fingerprint density at radius 2 is 2.29 bits per heavy atom. The van der Waals surface area contributed by atoms with Gasteiger partial charge in [0.25, 0.3) is 0 Å². The van der Waals surface area contributed by atoms with Crippen LogP contribution in [0.25, 0.3) is 0 Å². The molecule has 0 saturated heterocycles. The van der Waals surface area contributed by atoms with Crippen molar-refractivity contribution in [2.45, 2.75) is 36.9 Å². The number of carboxylic acids is 1. The number of thioether (sulfide) groups is 1. The first-order valence-corrected chi connectivity index (χ1v) is 7.88. The summed E-state index contributed by atoms with van der Waals surface area (Å²) in [6.07, 6.45) is 4.90. The van der Waals surface area contributed by atoms with E-state index < -0.39 is 5.97 Å². The summed E-state index contributed by atoms with van der Waals surface area (Å²) in [7, 11) is 1.92. The Hall–Kier alpha value is -1.83. The number of hydrogen-bond donors (Lipinski definition) is 1. The summed E-state index contributed by atoms with van der Waals surface area (Å²) in [5, 5.41) is 22.1. The van der Waals surface area contributed by atoms with Crippen LogP contribution in [0.2, 0.25) is 0 Å². The molecule has 2 aromatic rings. The molecular formula is C13H17N5O2S. The number of carbonyl (C=O) groups is 1. The van der Waals surface area contributed by atoms with E-state index in [1.807, 2.05) is 17.8 Å². The number of carboxylic acid groups (broad SMARTS) is 1. The molecule has 1 N–H and O–H groups in total. The lowest BCUT2D eigenvalue weighted by Gasteiger charge is -2.09. The molecule has 1 fully saturated rings. The maximum atomic E-state index is 10.7. The summed E-state index contributed by atoms with van der Waals surface area (Å²) in [6, 6.07) is 1.99. The van der Waals surface area contributed by atoms with Gasteiger partial charge in [-0.3, -0.25) is 9.48 Å². The van der Waals surface area contributed by atoms with Crippen LogP contribution in [0.1, 0.15) is 30.3 Å². The van der Waals surface area contributed by atoms with Crippen LogP contribution in [0, 0.1) is 0 Å². The number of hydrogen-bond acceptors (Lipinski definition) is 5. The number of rotatable bonds is 7. The molecule has 8 heteroatoms. The predicted octanol–water partition coefficient (Wildman–Crippen LogP) is 1.31. The third-order valence-corrected chi connectivity index (χ3v) is 4.48. The van der Waals surface area contributed by atoms with Crippen molar-refractivity contribution in [1.82, 2.24) is 24.5 Å². The van der Waals surface area contributed by atoms with Gasteiger partial charge in [-0.15, -0.1) is 10.2 Å². The Morgan fingerprint density at radius 3 is 2.90 bits per heavy atom. The van der Waals surface area contributed by atoms with Crippen LogP contribution < -0.4 is 0 Å². The van der Waals surface area contributed by atoms with Crippen molar-refractivity contribution in [3.05, 3.63) is 23.8 Å². The van der Waals surface area contributed by atoms with E-state index >= 15 is 0 Å². The molecule has 21 heavy (non-hydrogen) atoms. The normalized spacial score (nSPS) is 14.5. The summed E-state index contributed by atoms with van der Waals surface area (Å²) in [5.41, 5.74) is 1.14. The standard InChI is InChI=1S/C13H17N5O2S/c1-17-10(4-6-14-17)5-7-18-12(9-2-3-9)15-16-13(18)21-8-11(19)20/h4,6,9H,2-3,5,7-8H2,1H3,(H,19,20). The summed E-state index contributed by atoms with van der Waals surface area (Å²) in [4.78, 5) is 10.7. The minimum atomic E-state index is -0.839. The SMILES string of the molecule is Cn1nccc1CCn1c(SCC(=O)O)nnc1C1CC1. The molecule has 2 aromatic heterocycles. The molecule has 0 atom stereocenters. The fourth-order valence-corrected chi connectivity index (χ4v) is 2.95. The highest BCUT2D eigenvalue weighted by molar-refractivity contribution is 7.99. The van der Waals surface area contributed by atoms with Crippen molar-refractivity contribution in [1.29, 1.82) is 0 Å². The third-order valence-electron chi connectivity index (χ3n) is 3.53. The second-order valence-corrected chi connectivity index (χ2v) is 6.09. The third kappa shape index (κ3) is 3.26. The molecule has 112 valence electrons. The van der Waals surface area contributed by atoms with Crippen molar-refractivity contribution in [2.75, 3.05) is 5.75 Å². The molecule has 1 saturated carbocycles. The van der Waals surface area contributed by atoms with Crippen LogP contribution in [0.15, 0.2) is 17.4 Å². The van der Waals surface area contributed by atoms with Crippen LogP contribution in [0.5, 0.6) is 0 Å². The quantitative estimate of drug-likeness (QED) is 0.776. The van der Waals surface area contributed by atoms with E-state index in [9.17, 15) is 4.79 Å². The molecule has 1 aliphatic carbocycles. The second kappa shape index (κ2) is 5.88. The first-order chi connectivity index (χ1) is 10.1. The maximum absolute atomic E-state index is 10.7. The Bertz CT molecular complexity index is 647. The van der Waals surface area contributed by atoms with E-state index in [0.717, 1.165) is 37.3 Å². The van der Waals surface area contributed by atoms with Gasteiger partial charge in [0.15, 0.2) is 5.16 Å². The number of aromatic nitrogens is 5. The van der Waals surface area contributed by atoms with E-state index in [4.69, 9.17) is 5.11 Å². The topological polar surface area (TPSA) is 85.8 Å². The molecular weight excluding hydrogens is 290 g/mol. The molecule has 0 aliphatic heterocycles. The lowest BCUT2D eigenvalue weighted by Crippen LogP contribution is -2.10. The smallest absolute Gasteiger partial charge is 0.313 e. The highest BCUT2D eigenvalue weighted by atomic mass is 32.2. The molecule has 7 nitrogen and oxygen atoms in total. The van der Waals surface area contributed by atoms with E-state index in [0.29, 0.717) is 11.1 Å². The molecule has 3 rings (SSSR count). The summed E-state index contributed by atoms with van der Waals surface area (Å²) < 4.78 is 3.92. The first-order valence-electron chi connectivity index (χ1n) is 6.89. The van der Waals surface area contributed by atoms with Crippen LogP contribution in [-0.4, -0.2) is 41.4 Å². The van der Waals surface area contributed by atoms with Crippen molar-refractivity contribution < 1.29 is 9.90 Å². The largest absolute Gasteiger partial charge is 0.481 e. The molecule has 0 amide bonds. The van der Waals surface area contributed by atoms with E-state index in [1.54, 1.807) is 6.20 Å². The highest BCUT2D eigenvalue weighted by Crippen LogP contribution is 2.40. The van der Waals surface area contributed by atoms with E-state index in [2.05, 4.69) is 19.9 Å². The second-order valence-electron chi connectivity index (χ2n) is 5.15. The molecule has 0 spiro atoms. The fraction of sp³-hybridized carbons (Fsp3) is 0.538. The van der Waals surface area contributed by atoms with Gasteiger partial charge in [-0.05, 0) is 18.9 Å². The van der Waals surface area contributed by atoms with Crippen LogP contribution >= 0.6 is 11.8 Å². The van der Waals surface area contributed by atoms with Crippen LogP contribution in [0.4, 0.5) is 0 Å². The zero-order valence-electron chi connectivity index (χ0n) is 11.8. The lowest BCUT2D eigenvalue weighted by atomic mass is 10.3. The first kappa shape index (κ1) is 14.1. The molecule has 2 heterocycles. The van der Waals surface area contributed by atoms with Gasteiger partial charge in [-0.25, -0.2) is 0 Å². The van der Waals surface area contributed by atoms with Crippen LogP contribution in [0.3, 0.4) is 0 Å². The molecule has 0 radical (unpaired) electrons. The van der Waals surface area contributed by atoms with Crippen LogP contribution in [-0.2, 0) is 24.8 Å². The van der Waals surface area contributed by atoms with Gasteiger partial charge in [-0.1, -0.05) is 11.8 Å². The number of aryl methyl sites for hydroxylation is 2. The lowest BCUT2D eigenvalue weighted by molar-refractivity contribution is -0.133. The average molecular weight is 307 g/mol. The van der Waals surface area contributed by atoms with Gasteiger partial charge in [0, 0.05) is 37.8 Å². The Morgan fingerprint density at radius 1 is 1.48 bits per heavy atom. The summed E-state index contributed by atoms with van der Waals surface area (Å²) >= 11 is 1.23. The molecule has 0 aromatic carbocycles. The van der Waals surface area contributed by atoms with Crippen molar-refractivity contribution in [3.63, 3.8) is 0 Å². The Labute approximate surface area is 126 Å². The van der Waals surface area contributed by atoms with Crippen molar-refractivity contribution in [3.8, 4) is 0 Å². The Kier molecular flexibility index (Phi) is 3.96. The van der Waals surface area contributed by atoms with E-state index in [-0.39, 0.29) is 5.75 Å². The zero-order chi connectivity index (χ0) is 14.8. The van der Waals surface area contributed by atoms with E-state index in [1.165, 1.54) is 11.8 Å². The summed E-state index contributed by atoms with van der Waals surface area (Å²) in [5.74, 6) is 0.650. The zero-order valence-corrected chi connectivity index (χ0v) is 12.6. The van der Waals surface area contributed by atoms with Gasteiger partial charge >= 0.3 is 5.97 Å². The highest BCUT2D eigenvalue weighted by Gasteiger charge is 2.30. The fourth-order valence-electron chi connectivity index (χ4n) is 2.26.